The van der Waals surface area contributed by atoms with Crippen LogP contribution in [0.3, 0.4) is 0 Å². The van der Waals surface area contributed by atoms with Crippen LogP contribution in [0, 0.1) is 5.92 Å². The molecule has 15 heteroatoms. The third-order valence-corrected chi connectivity index (χ3v) is 5.90. The molecule has 3 rings (SSSR count). The Hall–Kier alpha value is -3.91. The van der Waals surface area contributed by atoms with E-state index in [9.17, 15) is 52.7 Å². The Kier molecular flexibility index (Phi) is 9.13. The summed E-state index contributed by atoms with van der Waals surface area (Å²) in [4.78, 5) is 11.9. The van der Waals surface area contributed by atoms with Crippen molar-refractivity contribution in [2.75, 3.05) is 0 Å². The Balaban J connectivity index is 2.18. The molecule has 1 aromatic heterocycles. The third kappa shape index (κ3) is 8.55. The highest BCUT2D eigenvalue weighted by Gasteiger charge is 2.38. The van der Waals surface area contributed by atoms with Gasteiger partial charge in [-0.1, -0.05) is 6.07 Å². The zero-order valence-electron chi connectivity index (χ0n) is 21.4. The first-order valence-corrected chi connectivity index (χ1v) is 11.7. The highest BCUT2D eigenvalue weighted by molar-refractivity contribution is 6.07. The maximum absolute atomic E-state index is 13.3. The number of halogens is 12. The number of aromatic nitrogens is 1. The molecule has 0 saturated carbocycles. The van der Waals surface area contributed by atoms with Crippen molar-refractivity contribution in [1.82, 2.24) is 4.98 Å². The molecule has 2 aromatic carbocycles. The quantitative estimate of drug-likeness (QED) is 0.202. The molecule has 0 unspecified atom stereocenters. The van der Waals surface area contributed by atoms with E-state index in [1.807, 2.05) is 0 Å². The van der Waals surface area contributed by atoms with E-state index in [4.69, 9.17) is 0 Å². The molecule has 226 valence electrons. The lowest BCUT2D eigenvalue weighted by Crippen LogP contribution is -2.23. The van der Waals surface area contributed by atoms with Crippen molar-refractivity contribution in [3.8, 4) is 0 Å². The first-order chi connectivity index (χ1) is 19.1. The molecule has 3 aromatic rings. The van der Waals surface area contributed by atoms with Gasteiger partial charge in [-0.25, -0.2) is 0 Å². The Bertz CT molecular complexity index is 1310. The van der Waals surface area contributed by atoms with Crippen molar-refractivity contribution in [2.45, 2.75) is 45.0 Å². The van der Waals surface area contributed by atoms with Gasteiger partial charge in [0, 0.05) is 35.7 Å². The Morgan fingerprint density at radius 3 is 1.24 bits per heavy atom. The van der Waals surface area contributed by atoms with Crippen LogP contribution in [0.2, 0.25) is 0 Å². The smallest absolute Gasteiger partial charge is 0.261 e. The van der Waals surface area contributed by atoms with Gasteiger partial charge in [-0.2, -0.15) is 52.7 Å². The molecule has 1 heterocycles. The predicted octanol–water partition coefficient (Wildman–Crippen LogP) is 9.90. The molecule has 3 nitrogen and oxygen atoms in total. The summed E-state index contributed by atoms with van der Waals surface area (Å²) in [7, 11) is 0. The maximum atomic E-state index is 13.3. The second-order valence-electron chi connectivity index (χ2n) is 9.11. The van der Waals surface area contributed by atoms with Gasteiger partial charge in [0.25, 0.3) is 0 Å². The van der Waals surface area contributed by atoms with E-state index >= 15 is 0 Å². The summed E-state index contributed by atoms with van der Waals surface area (Å²) in [6, 6.07) is 5.96. The highest BCUT2D eigenvalue weighted by Crippen LogP contribution is 2.40. The second-order valence-corrected chi connectivity index (χ2v) is 9.11. The first kappa shape index (κ1) is 32.6. The Morgan fingerprint density at radius 2 is 0.952 bits per heavy atom. The van der Waals surface area contributed by atoms with Crippen LogP contribution in [-0.2, 0) is 31.1 Å². The SMILES string of the molecule is CC(=Nc1cc(C(F)(F)F)cc(C(F)(F)F)c1)C(Cc1ccccn1)C(C)=Nc1cc(C(F)(F)F)cc(C(F)(F)F)c1. The van der Waals surface area contributed by atoms with Gasteiger partial charge in [-0.15, -0.1) is 0 Å². The number of pyridine rings is 1. The lowest BCUT2D eigenvalue weighted by atomic mass is 9.93. The van der Waals surface area contributed by atoms with Crippen LogP contribution in [0.5, 0.6) is 0 Å². The van der Waals surface area contributed by atoms with E-state index in [2.05, 4.69) is 15.0 Å². The Labute approximate surface area is 230 Å². The summed E-state index contributed by atoms with van der Waals surface area (Å²) < 4.78 is 160. The molecule has 0 spiro atoms. The molecular formula is C27H19F12N3. The standard InChI is InChI=1S/C27H19F12N3/c1-14(41-21-9-16(24(28,29)30)7-17(10-21)25(31,32)33)23(13-20-5-3-4-6-40-20)15(2)42-22-11-18(26(34,35)36)8-19(12-22)27(37,38)39/h3-12,23H,13H2,1-2H3. The number of hydrogen-bond acceptors (Lipinski definition) is 3. The highest BCUT2D eigenvalue weighted by atomic mass is 19.4. The number of benzene rings is 2. The monoisotopic (exact) mass is 613 g/mol. The van der Waals surface area contributed by atoms with E-state index in [0.717, 1.165) is 0 Å². The molecule has 0 bridgehead atoms. The van der Waals surface area contributed by atoms with E-state index in [-0.39, 0.29) is 30.0 Å². The molecule has 0 aliphatic rings. The normalized spacial score (nSPS) is 14.7. The Morgan fingerprint density at radius 1 is 0.595 bits per heavy atom. The number of hydrogen-bond donors (Lipinski definition) is 0. The summed E-state index contributed by atoms with van der Waals surface area (Å²) in [6.07, 6.45) is -19.4. The minimum atomic E-state index is -5.15. The summed E-state index contributed by atoms with van der Waals surface area (Å²) in [5.41, 5.74) is -7.89. The van der Waals surface area contributed by atoms with Crippen molar-refractivity contribution >= 4 is 22.8 Å². The van der Waals surface area contributed by atoms with Crippen LogP contribution in [0.15, 0.2) is 70.8 Å². The van der Waals surface area contributed by atoms with Gasteiger partial charge >= 0.3 is 24.7 Å². The van der Waals surface area contributed by atoms with Crippen LogP contribution >= 0.6 is 0 Å². The zero-order chi connectivity index (χ0) is 31.7. The van der Waals surface area contributed by atoms with Crippen LogP contribution in [0.25, 0.3) is 0 Å². The van der Waals surface area contributed by atoms with Gasteiger partial charge in [0.2, 0.25) is 0 Å². The van der Waals surface area contributed by atoms with E-state index < -0.39 is 64.3 Å². The largest absolute Gasteiger partial charge is 0.416 e. The maximum Gasteiger partial charge on any atom is 0.416 e. The topological polar surface area (TPSA) is 37.6 Å². The molecule has 0 fully saturated rings. The number of aliphatic imine (C=N–C) groups is 2. The summed E-state index contributed by atoms with van der Waals surface area (Å²) in [5.74, 6) is -1.10. The molecule has 0 aliphatic carbocycles. The number of nitrogens with zero attached hydrogens (tertiary/aromatic N) is 3. The summed E-state index contributed by atoms with van der Waals surface area (Å²) >= 11 is 0. The molecule has 0 atom stereocenters. The molecular weight excluding hydrogens is 594 g/mol. The molecule has 0 saturated heterocycles. The van der Waals surface area contributed by atoms with Crippen molar-refractivity contribution in [3.05, 3.63) is 88.7 Å². The molecule has 0 aliphatic heterocycles. The molecule has 0 radical (unpaired) electrons. The van der Waals surface area contributed by atoms with Gasteiger partial charge in [-0.3, -0.25) is 15.0 Å². The van der Waals surface area contributed by atoms with Crippen molar-refractivity contribution in [2.24, 2.45) is 15.9 Å². The second kappa shape index (κ2) is 11.8. The lowest BCUT2D eigenvalue weighted by molar-refractivity contribution is -0.144. The van der Waals surface area contributed by atoms with Gasteiger partial charge in [0.1, 0.15) is 0 Å². The van der Waals surface area contributed by atoms with Gasteiger partial charge in [0.15, 0.2) is 0 Å². The summed E-state index contributed by atoms with van der Waals surface area (Å²) in [5, 5.41) is 0. The van der Waals surface area contributed by atoms with Crippen LogP contribution < -0.4 is 0 Å². The van der Waals surface area contributed by atoms with Gasteiger partial charge in [-0.05, 0) is 62.4 Å². The van der Waals surface area contributed by atoms with Crippen molar-refractivity contribution in [3.63, 3.8) is 0 Å². The zero-order valence-corrected chi connectivity index (χ0v) is 21.4. The number of alkyl halides is 12. The van der Waals surface area contributed by atoms with Crippen LogP contribution in [0.1, 0.15) is 41.8 Å². The van der Waals surface area contributed by atoms with E-state index in [1.54, 1.807) is 12.1 Å². The first-order valence-electron chi connectivity index (χ1n) is 11.7. The fourth-order valence-electron chi connectivity index (χ4n) is 3.89. The van der Waals surface area contributed by atoms with Gasteiger partial charge < -0.3 is 0 Å². The molecule has 0 amide bonds. The molecule has 42 heavy (non-hydrogen) atoms. The predicted molar refractivity (Wildman–Crippen MR) is 130 cm³/mol. The third-order valence-electron chi connectivity index (χ3n) is 5.90. The van der Waals surface area contributed by atoms with Gasteiger partial charge in [0.05, 0.1) is 33.6 Å². The molecule has 0 N–H and O–H groups in total. The van der Waals surface area contributed by atoms with Crippen molar-refractivity contribution < 1.29 is 52.7 Å². The average molecular weight is 613 g/mol. The van der Waals surface area contributed by atoms with E-state index in [1.165, 1.54) is 26.1 Å². The van der Waals surface area contributed by atoms with E-state index in [0.29, 0.717) is 30.0 Å². The fourth-order valence-corrected chi connectivity index (χ4v) is 3.89. The minimum absolute atomic E-state index is 0.0850. The summed E-state index contributed by atoms with van der Waals surface area (Å²) in [6.45, 7) is 2.46. The lowest BCUT2D eigenvalue weighted by Gasteiger charge is -2.19. The van der Waals surface area contributed by atoms with Crippen molar-refractivity contribution in [1.29, 1.82) is 0 Å². The average Bonchev–Trinajstić information content (AvgIpc) is 2.85. The van der Waals surface area contributed by atoms with Crippen LogP contribution in [0.4, 0.5) is 64.1 Å². The van der Waals surface area contributed by atoms with Crippen LogP contribution in [-0.4, -0.2) is 16.4 Å². The fraction of sp³-hybridized carbons (Fsp3) is 0.296. The minimum Gasteiger partial charge on any atom is -0.261 e. The number of rotatable bonds is 6.